The monoisotopic (exact) mass is 549 g/mol. The van der Waals surface area contributed by atoms with Crippen LogP contribution in [0.15, 0.2) is 15.8 Å². The lowest BCUT2D eigenvalue weighted by atomic mass is 9.98. The molecular weight excluding hydrogens is 533 g/mol. The highest BCUT2D eigenvalue weighted by molar-refractivity contribution is 7.66. The molecule has 6 N–H and O–H groups in total. The van der Waals surface area contributed by atoms with E-state index in [1.54, 1.807) is 4.98 Å². The molecule has 32 heavy (non-hydrogen) atoms. The summed E-state index contributed by atoms with van der Waals surface area (Å²) in [5.41, 5.74) is -2.11. The van der Waals surface area contributed by atoms with Crippen molar-refractivity contribution in [2.24, 2.45) is 0 Å². The van der Waals surface area contributed by atoms with Crippen molar-refractivity contribution in [2.75, 3.05) is 6.67 Å². The van der Waals surface area contributed by atoms with Crippen LogP contribution in [0.2, 0.25) is 0 Å². The number of hydrogen-bond donors (Lipinski definition) is 6. The first-order valence-corrected chi connectivity index (χ1v) is 12.9. The van der Waals surface area contributed by atoms with Gasteiger partial charge in [0.2, 0.25) is 0 Å². The van der Waals surface area contributed by atoms with Crippen LogP contribution in [0.25, 0.3) is 0 Å². The van der Waals surface area contributed by atoms with Crippen LogP contribution in [-0.4, -0.2) is 69.3 Å². The highest BCUT2D eigenvalue weighted by Gasteiger charge is 2.59. The first kappa shape index (κ1) is 27.4. The van der Waals surface area contributed by atoms with Crippen molar-refractivity contribution in [1.82, 2.24) is 14.8 Å². The summed E-state index contributed by atoms with van der Waals surface area (Å²) in [6.07, 6.45) is -6.88. The second kappa shape index (κ2) is 9.43. The van der Waals surface area contributed by atoms with Gasteiger partial charge in [-0.1, -0.05) is 0 Å². The van der Waals surface area contributed by atoms with Gasteiger partial charge in [0.15, 0.2) is 6.23 Å². The van der Waals surface area contributed by atoms with E-state index in [2.05, 4.69) is 18.2 Å². The molecule has 17 nitrogen and oxygen atoms in total. The predicted molar refractivity (Wildman–Crippen MR) is 98.0 cm³/mol. The third kappa shape index (κ3) is 6.39. The molecule has 2 rings (SSSR count). The third-order valence-electron chi connectivity index (χ3n) is 3.84. The molecule has 0 aliphatic carbocycles. The first-order valence-electron chi connectivity index (χ1n) is 7.99. The first-order chi connectivity index (χ1) is 14.4. The zero-order valence-electron chi connectivity index (χ0n) is 15.5. The number of ether oxygens (including phenoxy) is 1. The van der Waals surface area contributed by atoms with Crippen LogP contribution >= 0.6 is 35.1 Å². The van der Waals surface area contributed by atoms with Crippen LogP contribution in [0.1, 0.15) is 13.2 Å². The minimum absolute atomic E-state index is 0.384. The lowest BCUT2D eigenvalue weighted by molar-refractivity contribution is -0.0793. The van der Waals surface area contributed by atoms with Gasteiger partial charge in [0.25, 0.3) is 5.56 Å². The number of alkyl halides is 2. The summed E-state index contributed by atoms with van der Waals surface area (Å²) in [5.74, 6) is 0. The molecule has 7 atom stereocenters. The average molecular weight is 550 g/mol. The predicted octanol–water partition coefficient (Wildman–Crippen LogP) is -1.13. The minimum atomic E-state index is -5.82. The molecule has 1 aliphatic heterocycles. The second-order valence-electron chi connectivity index (χ2n) is 6.24. The molecule has 0 aromatic carbocycles. The zero-order valence-corrected chi connectivity index (χ0v) is 18.9. The number of aromatic nitrogens is 3. The van der Waals surface area contributed by atoms with Crippen LogP contribution < -0.4 is 11.2 Å². The maximum absolute atomic E-state index is 13.7. The molecule has 1 aromatic heterocycles. The molecule has 184 valence electrons. The number of aliphatic hydroxyl groups is 1. The fraction of sp³-hybridized carbons (Fsp3) is 0.700. The molecular formula is C10H16ClFN3O14P3. The van der Waals surface area contributed by atoms with E-state index in [1.807, 2.05) is 0 Å². The van der Waals surface area contributed by atoms with Crippen LogP contribution in [-0.2, 0) is 31.6 Å². The van der Waals surface area contributed by atoms with Gasteiger partial charge in [0.05, 0.1) is 6.10 Å². The van der Waals surface area contributed by atoms with Crippen molar-refractivity contribution in [3.63, 3.8) is 0 Å². The number of rotatable bonds is 9. The van der Waals surface area contributed by atoms with E-state index in [0.717, 1.165) is 6.92 Å². The molecule has 22 heteroatoms. The minimum Gasteiger partial charge on any atom is -0.388 e. The summed E-state index contributed by atoms with van der Waals surface area (Å²) in [6, 6.07) is 0. The Morgan fingerprint density at radius 3 is 2.38 bits per heavy atom. The molecule has 1 aromatic rings. The van der Waals surface area contributed by atoms with Crippen molar-refractivity contribution in [2.45, 2.75) is 36.3 Å². The quantitative estimate of drug-likeness (QED) is 0.157. The number of phosphoric ester groups is 1. The number of phosphoric acid groups is 3. The normalized spacial score (nSPS) is 31.1. The van der Waals surface area contributed by atoms with Crippen molar-refractivity contribution in [3.05, 3.63) is 27.0 Å². The summed E-state index contributed by atoms with van der Waals surface area (Å²) in [6.45, 7) is -0.598. The van der Waals surface area contributed by atoms with Crippen molar-refractivity contribution >= 4 is 35.1 Å². The summed E-state index contributed by atoms with van der Waals surface area (Å²) in [5, 5.41) is 13.8. The number of aliphatic hydroxyl groups excluding tert-OH is 1. The van der Waals surface area contributed by atoms with Crippen molar-refractivity contribution in [1.29, 1.82) is 0 Å². The summed E-state index contributed by atoms with van der Waals surface area (Å²) in [4.78, 5) is 58.3. The molecule has 3 unspecified atom stereocenters. The van der Waals surface area contributed by atoms with Gasteiger partial charge in [-0.25, -0.2) is 22.9 Å². The van der Waals surface area contributed by atoms with Crippen LogP contribution in [0, 0.1) is 0 Å². The molecule has 0 saturated carbocycles. The Morgan fingerprint density at radius 2 is 1.88 bits per heavy atom. The van der Waals surface area contributed by atoms with Gasteiger partial charge in [-0.3, -0.25) is 14.3 Å². The van der Waals surface area contributed by atoms with E-state index in [0.29, 0.717) is 10.9 Å². The molecule has 0 spiro atoms. The molecule has 2 heterocycles. The fourth-order valence-electron chi connectivity index (χ4n) is 2.63. The van der Waals surface area contributed by atoms with E-state index < -0.39 is 70.8 Å². The molecule has 1 saturated heterocycles. The van der Waals surface area contributed by atoms with Gasteiger partial charge < -0.3 is 29.4 Å². The summed E-state index contributed by atoms with van der Waals surface area (Å²) >= 11 is 6.06. The van der Waals surface area contributed by atoms with Gasteiger partial charge in [0.1, 0.15) is 30.0 Å². The topological polar surface area (TPSA) is 257 Å². The van der Waals surface area contributed by atoms with Crippen LogP contribution in [0.4, 0.5) is 4.39 Å². The Hall–Kier alpha value is -0.840. The summed E-state index contributed by atoms with van der Waals surface area (Å²) in [7, 11) is -17.1. The largest absolute Gasteiger partial charge is 0.490 e. The summed E-state index contributed by atoms with van der Waals surface area (Å²) < 4.78 is 65.0. The number of halogens is 2. The van der Waals surface area contributed by atoms with Gasteiger partial charge in [-0.05, 0) is 6.92 Å². The van der Waals surface area contributed by atoms with Crippen LogP contribution in [0.5, 0.6) is 0 Å². The molecule has 0 amide bonds. The lowest BCUT2D eigenvalue weighted by Crippen LogP contribution is -2.48. The van der Waals surface area contributed by atoms with E-state index in [9.17, 15) is 37.7 Å². The van der Waals surface area contributed by atoms with Gasteiger partial charge in [-0.2, -0.15) is 18.4 Å². The highest BCUT2D eigenvalue weighted by Crippen LogP contribution is 2.66. The van der Waals surface area contributed by atoms with Crippen molar-refractivity contribution in [3.8, 4) is 0 Å². The SMILES string of the molecule is C[C@@H](OP(=O)(O)OP(=O)(O)OP(=O)(O)O)[C@H]1O[C@@H](n2ncc(=O)[nH]c2=O)C(Cl)(CF)[C@H]1O. The second-order valence-corrected chi connectivity index (χ2v) is 11.3. The molecule has 0 radical (unpaired) electrons. The number of H-pyrrole nitrogens is 1. The van der Waals surface area contributed by atoms with Crippen LogP contribution in [0.3, 0.4) is 0 Å². The van der Waals surface area contributed by atoms with Crippen molar-refractivity contribution < 1.29 is 60.6 Å². The van der Waals surface area contributed by atoms with Gasteiger partial charge in [-0.15, -0.1) is 11.6 Å². The number of hydrogen-bond acceptors (Lipinski definition) is 11. The number of nitrogens with zero attached hydrogens (tertiary/aromatic N) is 2. The Labute approximate surface area is 181 Å². The maximum Gasteiger partial charge on any atom is 0.490 e. The number of nitrogens with one attached hydrogen (secondary N) is 1. The Balaban J connectivity index is 2.26. The Bertz CT molecular complexity index is 1110. The Morgan fingerprint density at radius 1 is 1.28 bits per heavy atom. The maximum atomic E-state index is 13.7. The molecule has 1 fully saturated rings. The van der Waals surface area contributed by atoms with E-state index >= 15 is 0 Å². The third-order valence-corrected chi connectivity index (χ3v) is 8.28. The van der Waals surface area contributed by atoms with E-state index in [4.69, 9.17) is 31.0 Å². The zero-order chi connectivity index (χ0) is 24.7. The lowest BCUT2D eigenvalue weighted by Gasteiger charge is -2.27. The highest BCUT2D eigenvalue weighted by atomic mass is 35.5. The average Bonchev–Trinajstić information content (AvgIpc) is 2.84. The van der Waals surface area contributed by atoms with E-state index in [1.165, 1.54) is 0 Å². The smallest absolute Gasteiger partial charge is 0.388 e. The van der Waals surface area contributed by atoms with Gasteiger partial charge >= 0.3 is 29.2 Å². The van der Waals surface area contributed by atoms with E-state index in [-0.39, 0.29) is 0 Å². The van der Waals surface area contributed by atoms with Gasteiger partial charge in [0, 0.05) is 0 Å². The standard InChI is InChI=1S/C10H16ClFN3O14P3/c1-4(27-31(22,23)29-32(24,25)28-30(19,20)21)6-7(17)10(11,3-12)8(26-6)15-9(18)14-5(16)2-13-15/h2,4,6-8,17H,3H2,1H3,(H,22,23)(H,24,25)(H,14,16,18)(H2,19,20,21)/t4-,6-,7+,8-,10?/m1/s1. The Kier molecular flexibility index (Phi) is 8.07. The molecule has 1 aliphatic rings. The number of aromatic amines is 1. The fourth-order valence-corrected chi connectivity index (χ4v) is 6.10. The molecule has 0 bridgehead atoms.